The van der Waals surface area contributed by atoms with E-state index >= 15 is 0 Å². The van der Waals surface area contributed by atoms with Crippen molar-refractivity contribution in [3.63, 3.8) is 0 Å². The predicted molar refractivity (Wildman–Crippen MR) is 149 cm³/mol. The number of carbonyl (C=O) groups is 1. The molecule has 1 fully saturated rings. The van der Waals surface area contributed by atoms with Crippen molar-refractivity contribution in [3.8, 4) is 11.3 Å². The first-order valence-corrected chi connectivity index (χ1v) is 14.2. The van der Waals surface area contributed by atoms with Crippen LogP contribution < -0.4 is 16.4 Å². The van der Waals surface area contributed by atoms with Crippen LogP contribution in [0.5, 0.6) is 0 Å². The summed E-state index contributed by atoms with van der Waals surface area (Å²) in [5, 5.41) is 9.68. The largest absolute Gasteiger partial charge is 0.384 e. The SMILES string of the molecule is NCCNc1cccc(-c2csc(SCC(=O)NC3CCN(Cc4ccc(Cl)c(Cl)c4)CC3)n2)c1. The molecular formula is C25H29Cl2N5OS2. The smallest absolute Gasteiger partial charge is 0.230 e. The van der Waals surface area contributed by atoms with E-state index in [0.29, 0.717) is 22.3 Å². The Morgan fingerprint density at radius 1 is 1.17 bits per heavy atom. The third-order valence-electron chi connectivity index (χ3n) is 5.78. The summed E-state index contributed by atoms with van der Waals surface area (Å²) in [7, 11) is 0. The average Bonchev–Trinajstić information content (AvgIpc) is 3.34. The molecule has 35 heavy (non-hydrogen) atoms. The fourth-order valence-corrected chi connectivity index (χ4v) is 5.96. The van der Waals surface area contributed by atoms with Crippen LogP contribution in [0.1, 0.15) is 18.4 Å². The maximum absolute atomic E-state index is 12.5. The minimum atomic E-state index is 0.0580. The lowest BCUT2D eigenvalue weighted by Gasteiger charge is -2.32. The van der Waals surface area contributed by atoms with Crippen molar-refractivity contribution >= 4 is 57.9 Å². The Hall–Kier alpha value is -1.81. The summed E-state index contributed by atoms with van der Waals surface area (Å²) in [5.41, 5.74) is 9.72. The first-order valence-electron chi connectivity index (χ1n) is 11.6. The van der Waals surface area contributed by atoms with Crippen molar-refractivity contribution in [3.05, 3.63) is 63.5 Å². The lowest BCUT2D eigenvalue weighted by molar-refractivity contribution is -0.119. The number of nitrogens with zero attached hydrogens (tertiary/aromatic N) is 2. The van der Waals surface area contributed by atoms with E-state index in [1.54, 1.807) is 11.3 Å². The summed E-state index contributed by atoms with van der Waals surface area (Å²) in [4.78, 5) is 19.6. The molecular weight excluding hydrogens is 521 g/mol. The van der Waals surface area contributed by atoms with Gasteiger partial charge in [-0.05, 0) is 42.7 Å². The monoisotopic (exact) mass is 549 g/mol. The Bertz CT molecular complexity index is 1130. The summed E-state index contributed by atoms with van der Waals surface area (Å²) in [6.07, 6.45) is 1.88. The molecule has 1 saturated heterocycles. The van der Waals surface area contributed by atoms with Crippen molar-refractivity contribution in [2.45, 2.75) is 29.8 Å². The molecule has 3 aromatic rings. The van der Waals surface area contributed by atoms with Gasteiger partial charge >= 0.3 is 0 Å². The van der Waals surface area contributed by atoms with Gasteiger partial charge in [-0.25, -0.2) is 4.98 Å². The second-order valence-corrected chi connectivity index (χ2v) is 11.3. The molecule has 1 aromatic heterocycles. The van der Waals surface area contributed by atoms with Crippen LogP contribution in [0.4, 0.5) is 5.69 Å². The van der Waals surface area contributed by atoms with Crippen LogP contribution in [-0.4, -0.2) is 53.8 Å². The fraction of sp³-hybridized carbons (Fsp3) is 0.360. The highest BCUT2D eigenvalue weighted by molar-refractivity contribution is 8.01. The van der Waals surface area contributed by atoms with E-state index in [0.717, 1.165) is 65.9 Å². The zero-order chi connectivity index (χ0) is 24.6. The Labute approximate surface area is 224 Å². The third-order valence-corrected chi connectivity index (χ3v) is 8.54. The van der Waals surface area contributed by atoms with Crippen LogP contribution >= 0.6 is 46.3 Å². The summed E-state index contributed by atoms with van der Waals surface area (Å²) in [5.74, 6) is 0.428. The number of amides is 1. The lowest BCUT2D eigenvalue weighted by Crippen LogP contribution is -2.44. The molecule has 1 aliphatic heterocycles. The van der Waals surface area contributed by atoms with Gasteiger partial charge in [0.1, 0.15) is 0 Å². The molecule has 0 saturated carbocycles. The van der Waals surface area contributed by atoms with Gasteiger partial charge in [0.15, 0.2) is 4.34 Å². The molecule has 0 spiro atoms. The van der Waals surface area contributed by atoms with E-state index in [1.165, 1.54) is 11.8 Å². The van der Waals surface area contributed by atoms with E-state index in [9.17, 15) is 4.79 Å². The van der Waals surface area contributed by atoms with Crippen molar-refractivity contribution in [1.29, 1.82) is 0 Å². The molecule has 10 heteroatoms. The standard InChI is InChI=1S/C25H29Cl2N5OS2/c26-21-5-4-17(12-22(21)27)14-32-10-6-19(7-11-32)30-24(33)16-35-25-31-23(15-34-25)18-2-1-3-20(13-18)29-9-8-28/h1-5,12-13,15,19,29H,6-11,14,16,28H2,(H,30,33). The number of likely N-dealkylation sites (tertiary alicyclic amines) is 1. The van der Waals surface area contributed by atoms with Gasteiger partial charge in [0, 0.05) is 55.4 Å². The molecule has 0 radical (unpaired) electrons. The summed E-state index contributed by atoms with van der Waals surface area (Å²) < 4.78 is 0.895. The van der Waals surface area contributed by atoms with E-state index < -0.39 is 0 Å². The highest BCUT2D eigenvalue weighted by Crippen LogP contribution is 2.29. The number of carbonyl (C=O) groups excluding carboxylic acids is 1. The quantitative estimate of drug-likeness (QED) is 0.295. The number of aromatic nitrogens is 1. The topological polar surface area (TPSA) is 83.3 Å². The van der Waals surface area contributed by atoms with Crippen molar-refractivity contribution in [2.75, 3.05) is 37.2 Å². The van der Waals surface area contributed by atoms with Gasteiger partial charge in [0.2, 0.25) is 5.91 Å². The van der Waals surface area contributed by atoms with E-state index in [-0.39, 0.29) is 11.9 Å². The molecule has 1 amide bonds. The zero-order valence-corrected chi connectivity index (χ0v) is 22.5. The molecule has 4 rings (SSSR count). The normalized spacial score (nSPS) is 14.7. The molecule has 2 heterocycles. The number of piperidine rings is 1. The van der Waals surface area contributed by atoms with Gasteiger partial charge in [-0.15, -0.1) is 11.3 Å². The van der Waals surface area contributed by atoms with Crippen LogP contribution in [-0.2, 0) is 11.3 Å². The highest BCUT2D eigenvalue weighted by Gasteiger charge is 2.21. The number of nitrogens with two attached hydrogens (primary N) is 1. The second-order valence-electron chi connectivity index (χ2n) is 8.45. The first kappa shape index (κ1) is 26.3. The number of thioether (sulfide) groups is 1. The third kappa shape index (κ3) is 7.84. The van der Waals surface area contributed by atoms with Gasteiger partial charge in [0.25, 0.3) is 0 Å². The van der Waals surface area contributed by atoms with Crippen LogP contribution in [0.25, 0.3) is 11.3 Å². The minimum Gasteiger partial charge on any atom is -0.384 e. The summed E-state index contributed by atoms with van der Waals surface area (Å²) in [6, 6.07) is 14.1. The van der Waals surface area contributed by atoms with Crippen molar-refractivity contribution in [2.24, 2.45) is 5.73 Å². The zero-order valence-electron chi connectivity index (χ0n) is 19.3. The predicted octanol–water partition coefficient (Wildman–Crippen LogP) is 5.36. The molecule has 1 aliphatic rings. The number of hydrogen-bond donors (Lipinski definition) is 3. The van der Waals surface area contributed by atoms with Crippen LogP contribution in [0.3, 0.4) is 0 Å². The van der Waals surface area contributed by atoms with Gasteiger partial charge in [-0.2, -0.15) is 0 Å². The Morgan fingerprint density at radius 2 is 2.00 bits per heavy atom. The molecule has 0 bridgehead atoms. The van der Waals surface area contributed by atoms with Gasteiger partial charge in [0.05, 0.1) is 21.5 Å². The number of benzene rings is 2. The van der Waals surface area contributed by atoms with Gasteiger partial charge < -0.3 is 16.4 Å². The molecule has 0 aliphatic carbocycles. The summed E-state index contributed by atoms with van der Waals surface area (Å²) >= 11 is 15.2. The molecule has 0 unspecified atom stereocenters. The Kier molecular flexibility index (Phi) is 9.71. The summed E-state index contributed by atoms with van der Waals surface area (Å²) in [6.45, 7) is 4.03. The number of anilines is 1. The molecule has 186 valence electrons. The van der Waals surface area contributed by atoms with Crippen LogP contribution in [0.15, 0.2) is 52.2 Å². The van der Waals surface area contributed by atoms with Crippen LogP contribution in [0.2, 0.25) is 10.0 Å². The van der Waals surface area contributed by atoms with Crippen molar-refractivity contribution in [1.82, 2.24) is 15.2 Å². The lowest BCUT2D eigenvalue weighted by atomic mass is 10.0. The molecule has 0 atom stereocenters. The number of halogens is 2. The number of nitrogens with one attached hydrogen (secondary N) is 2. The van der Waals surface area contributed by atoms with E-state index in [1.807, 2.05) is 41.8 Å². The van der Waals surface area contributed by atoms with Crippen LogP contribution in [0, 0.1) is 0 Å². The number of hydrogen-bond acceptors (Lipinski definition) is 7. The van der Waals surface area contributed by atoms with Gasteiger partial charge in [-0.1, -0.05) is 53.2 Å². The number of thiazole rings is 1. The number of rotatable bonds is 10. The maximum atomic E-state index is 12.5. The van der Waals surface area contributed by atoms with Crippen molar-refractivity contribution < 1.29 is 4.79 Å². The fourth-order valence-electron chi connectivity index (χ4n) is 3.99. The molecule has 2 aromatic carbocycles. The average molecular weight is 551 g/mol. The molecule has 4 N–H and O–H groups in total. The highest BCUT2D eigenvalue weighted by atomic mass is 35.5. The minimum absolute atomic E-state index is 0.0580. The van der Waals surface area contributed by atoms with E-state index in [2.05, 4.69) is 21.6 Å². The molecule has 6 nitrogen and oxygen atoms in total. The maximum Gasteiger partial charge on any atom is 0.230 e. The Balaban J connectivity index is 1.20. The van der Waals surface area contributed by atoms with E-state index in [4.69, 9.17) is 33.9 Å². The van der Waals surface area contributed by atoms with Gasteiger partial charge in [-0.3, -0.25) is 9.69 Å². The Morgan fingerprint density at radius 3 is 2.77 bits per heavy atom. The first-order chi connectivity index (χ1) is 17.0. The second kappa shape index (κ2) is 12.9.